The van der Waals surface area contributed by atoms with Crippen LogP contribution in [0.1, 0.15) is 46.5 Å². The van der Waals surface area contributed by atoms with Crippen LogP contribution in [0.15, 0.2) is 0 Å². The fourth-order valence-corrected chi connectivity index (χ4v) is 2.81. The van der Waals surface area contributed by atoms with E-state index >= 15 is 0 Å². The first-order chi connectivity index (χ1) is 7.90. The van der Waals surface area contributed by atoms with Crippen LogP contribution >= 0.6 is 0 Å². The van der Waals surface area contributed by atoms with Gasteiger partial charge in [0.05, 0.1) is 5.54 Å². The molecule has 3 N–H and O–H groups in total. The second kappa shape index (κ2) is 5.83. The molecule has 1 amide bonds. The van der Waals surface area contributed by atoms with Crippen molar-refractivity contribution >= 4 is 5.91 Å². The van der Waals surface area contributed by atoms with Gasteiger partial charge in [-0.3, -0.25) is 9.69 Å². The predicted molar refractivity (Wildman–Crippen MR) is 70.8 cm³/mol. The van der Waals surface area contributed by atoms with Gasteiger partial charge < -0.3 is 11.1 Å². The van der Waals surface area contributed by atoms with Crippen LogP contribution in [0.3, 0.4) is 0 Å². The number of piperidine rings is 1. The molecule has 1 rings (SSSR count). The highest BCUT2D eigenvalue weighted by molar-refractivity contribution is 5.84. The molecule has 3 unspecified atom stereocenters. The maximum Gasteiger partial charge on any atom is 0.237 e. The zero-order valence-corrected chi connectivity index (χ0v) is 11.6. The largest absolute Gasteiger partial charge is 0.368 e. The van der Waals surface area contributed by atoms with Gasteiger partial charge in [0.2, 0.25) is 5.91 Å². The van der Waals surface area contributed by atoms with Gasteiger partial charge >= 0.3 is 0 Å². The van der Waals surface area contributed by atoms with Crippen molar-refractivity contribution in [3.63, 3.8) is 0 Å². The minimum Gasteiger partial charge on any atom is -0.368 e. The maximum atomic E-state index is 11.5. The first-order valence-electron chi connectivity index (χ1n) is 6.65. The van der Waals surface area contributed by atoms with E-state index in [4.69, 9.17) is 5.73 Å². The monoisotopic (exact) mass is 241 g/mol. The minimum atomic E-state index is -0.601. The molecule has 0 saturated carbocycles. The zero-order chi connectivity index (χ0) is 13.1. The van der Waals surface area contributed by atoms with Gasteiger partial charge in [0, 0.05) is 12.1 Å². The Labute approximate surface area is 105 Å². The Kier molecular flexibility index (Phi) is 4.95. The lowest BCUT2D eigenvalue weighted by Crippen LogP contribution is -2.56. The fraction of sp³-hybridized carbons (Fsp3) is 0.923. The van der Waals surface area contributed by atoms with E-state index in [1.165, 1.54) is 19.3 Å². The fourth-order valence-electron chi connectivity index (χ4n) is 2.81. The predicted octanol–water partition coefficient (Wildman–Crippen LogP) is 1.10. The van der Waals surface area contributed by atoms with E-state index in [2.05, 4.69) is 24.1 Å². The first-order valence-corrected chi connectivity index (χ1v) is 6.65. The summed E-state index contributed by atoms with van der Waals surface area (Å²) >= 11 is 0. The van der Waals surface area contributed by atoms with E-state index in [0.29, 0.717) is 12.1 Å². The number of primary amides is 1. The summed E-state index contributed by atoms with van der Waals surface area (Å²) in [5, 5.41) is 3.06. The molecule has 4 nitrogen and oxygen atoms in total. The second-order valence-corrected chi connectivity index (χ2v) is 5.58. The summed E-state index contributed by atoms with van der Waals surface area (Å²) in [7, 11) is 1.80. The number of hydrogen-bond acceptors (Lipinski definition) is 3. The highest BCUT2D eigenvalue weighted by Crippen LogP contribution is 2.23. The Hall–Kier alpha value is -0.610. The number of likely N-dealkylation sites (tertiary alicyclic amines) is 1. The summed E-state index contributed by atoms with van der Waals surface area (Å²) < 4.78 is 0. The standard InChI is InChI=1S/C13H27N3O/c1-10-7-5-6-8-16(10)11(2)9-13(3,15-4)12(14)17/h10-11,15H,5-9H2,1-4H3,(H2,14,17). The summed E-state index contributed by atoms with van der Waals surface area (Å²) in [4.78, 5) is 14.0. The summed E-state index contributed by atoms with van der Waals surface area (Å²) in [6.07, 6.45) is 4.62. The quantitative estimate of drug-likeness (QED) is 0.758. The van der Waals surface area contributed by atoms with Gasteiger partial charge in [-0.05, 0) is 53.6 Å². The van der Waals surface area contributed by atoms with Crippen molar-refractivity contribution in [1.29, 1.82) is 0 Å². The molecule has 1 aliphatic heterocycles. The van der Waals surface area contributed by atoms with Crippen molar-refractivity contribution in [2.75, 3.05) is 13.6 Å². The summed E-state index contributed by atoms with van der Waals surface area (Å²) in [6.45, 7) is 7.50. The molecule has 0 aromatic heterocycles. The summed E-state index contributed by atoms with van der Waals surface area (Å²) in [5.74, 6) is -0.267. The van der Waals surface area contributed by atoms with Crippen molar-refractivity contribution < 1.29 is 4.79 Å². The van der Waals surface area contributed by atoms with E-state index in [-0.39, 0.29) is 5.91 Å². The van der Waals surface area contributed by atoms with Gasteiger partial charge in [-0.15, -0.1) is 0 Å². The number of carbonyl (C=O) groups excluding carboxylic acids is 1. The number of carbonyl (C=O) groups is 1. The van der Waals surface area contributed by atoms with Crippen LogP contribution in [0.25, 0.3) is 0 Å². The second-order valence-electron chi connectivity index (χ2n) is 5.58. The van der Waals surface area contributed by atoms with Crippen LogP contribution in [0, 0.1) is 0 Å². The molecule has 100 valence electrons. The molecule has 0 radical (unpaired) electrons. The number of rotatable bonds is 5. The van der Waals surface area contributed by atoms with Crippen molar-refractivity contribution in [3.05, 3.63) is 0 Å². The van der Waals surface area contributed by atoms with Crippen LogP contribution in [0.4, 0.5) is 0 Å². The Morgan fingerprint density at radius 3 is 2.71 bits per heavy atom. The van der Waals surface area contributed by atoms with Gasteiger partial charge in [0.1, 0.15) is 0 Å². The van der Waals surface area contributed by atoms with E-state index in [1.54, 1.807) is 7.05 Å². The number of likely N-dealkylation sites (N-methyl/N-ethyl adjacent to an activating group) is 1. The van der Waals surface area contributed by atoms with E-state index in [9.17, 15) is 4.79 Å². The van der Waals surface area contributed by atoms with Crippen LogP contribution in [-0.4, -0.2) is 42.0 Å². The molecule has 0 spiro atoms. The molecule has 1 fully saturated rings. The Bertz CT molecular complexity index is 269. The zero-order valence-electron chi connectivity index (χ0n) is 11.6. The molecule has 4 heteroatoms. The molecule has 1 aliphatic rings. The molecule has 1 saturated heterocycles. The normalized spacial score (nSPS) is 27.4. The molecule has 0 aliphatic carbocycles. The average Bonchev–Trinajstić information content (AvgIpc) is 2.29. The third kappa shape index (κ3) is 3.42. The topological polar surface area (TPSA) is 58.4 Å². The summed E-state index contributed by atoms with van der Waals surface area (Å²) in [6, 6.07) is 1.00. The van der Waals surface area contributed by atoms with E-state index in [0.717, 1.165) is 13.0 Å². The number of nitrogens with two attached hydrogens (primary N) is 1. The van der Waals surface area contributed by atoms with Crippen LogP contribution in [0.2, 0.25) is 0 Å². The number of nitrogens with one attached hydrogen (secondary N) is 1. The molecule has 0 bridgehead atoms. The van der Waals surface area contributed by atoms with Gasteiger partial charge in [0.25, 0.3) is 0 Å². The highest BCUT2D eigenvalue weighted by Gasteiger charge is 2.34. The van der Waals surface area contributed by atoms with Crippen LogP contribution in [-0.2, 0) is 4.79 Å². The SMILES string of the molecule is CNC(C)(CC(C)N1CCCCC1C)C(N)=O. The Balaban J connectivity index is 2.63. The third-order valence-corrected chi connectivity index (χ3v) is 4.22. The number of hydrogen-bond donors (Lipinski definition) is 2. The van der Waals surface area contributed by atoms with Crippen LogP contribution in [0.5, 0.6) is 0 Å². The van der Waals surface area contributed by atoms with Gasteiger partial charge in [-0.2, -0.15) is 0 Å². The molecule has 3 atom stereocenters. The van der Waals surface area contributed by atoms with Crippen molar-refractivity contribution in [1.82, 2.24) is 10.2 Å². The van der Waals surface area contributed by atoms with E-state index in [1.807, 2.05) is 6.92 Å². The lowest BCUT2D eigenvalue weighted by molar-refractivity contribution is -0.124. The maximum absolute atomic E-state index is 11.5. The molecule has 17 heavy (non-hydrogen) atoms. The molecular weight excluding hydrogens is 214 g/mol. The van der Waals surface area contributed by atoms with E-state index < -0.39 is 5.54 Å². The third-order valence-electron chi connectivity index (χ3n) is 4.22. The van der Waals surface area contributed by atoms with Gasteiger partial charge in [0.15, 0.2) is 0 Å². The molecule has 1 heterocycles. The Morgan fingerprint density at radius 1 is 1.59 bits per heavy atom. The lowest BCUT2D eigenvalue weighted by atomic mass is 9.90. The molecular formula is C13H27N3O. The van der Waals surface area contributed by atoms with Crippen LogP contribution < -0.4 is 11.1 Å². The van der Waals surface area contributed by atoms with Gasteiger partial charge in [-0.1, -0.05) is 6.42 Å². The summed E-state index contributed by atoms with van der Waals surface area (Å²) in [5.41, 5.74) is 4.87. The highest BCUT2D eigenvalue weighted by atomic mass is 16.1. The lowest BCUT2D eigenvalue weighted by Gasteiger charge is -2.41. The van der Waals surface area contributed by atoms with Crippen molar-refractivity contribution in [2.45, 2.75) is 64.1 Å². The van der Waals surface area contributed by atoms with Gasteiger partial charge in [-0.25, -0.2) is 0 Å². The van der Waals surface area contributed by atoms with Crippen molar-refractivity contribution in [2.24, 2.45) is 5.73 Å². The molecule has 0 aromatic carbocycles. The average molecular weight is 241 g/mol. The number of amides is 1. The smallest absolute Gasteiger partial charge is 0.237 e. The molecule has 0 aromatic rings. The Morgan fingerprint density at radius 2 is 2.24 bits per heavy atom. The minimum absolute atomic E-state index is 0.267. The first kappa shape index (κ1) is 14.5. The van der Waals surface area contributed by atoms with Crippen molar-refractivity contribution in [3.8, 4) is 0 Å². The number of nitrogens with zero attached hydrogens (tertiary/aromatic N) is 1.